The van der Waals surface area contributed by atoms with E-state index in [0.29, 0.717) is 0 Å². The van der Waals surface area contributed by atoms with E-state index in [9.17, 15) is 4.79 Å². The lowest BCUT2D eigenvalue weighted by Gasteiger charge is -2.16. The maximum absolute atomic E-state index is 11.3. The maximum atomic E-state index is 11.3. The van der Waals surface area contributed by atoms with Gasteiger partial charge in [0.2, 0.25) is 0 Å². The Kier molecular flexibility index (Phi) is 4.83. The molecule has 1 aromatic rings. The van der Waals surface area contributed by atoms with Crippen LogP contribution < -0.4 is 5.32 Å². The molecule has 0 radical (unpaired) electrons. The molecule has 1 aromatic carbocycles. The number of hydrogen-bond donors (Lipinski definition) is 1. The van der Waals surface area contributed by atoms with Gasteiger partial charge in [0.15, 0.2) is 0 Å². The third-order valence-corrected chi connectivity index (χ3v) is 2.46. The van der Waals surface area contributed by atoms with Gasteiger partial charge in [-0.25, -0.2) is 4.79 Å². The van der Waals surface area contributed by atoms with Crippen molar-refractivity contribution in [1.29, 1.82) is 0 Å². The number of ether oxygens (including phenoxy) is 1. The Morgan fingerprint density at radius 3 is 2.75 bits per heavy atom. The molecule has 3 nitrogen and oxygen atoms in total. The van der Waals surface area contributed by atoms with Crippen LogP contribution in [-0.2, 0) is 16.0 Å². The Balaban J connectivity index is 2.75. The monoisotopic (exact) mass is 221 g/mol. The van der Waals surface area contributed by atoms with Crippen molar-refractivity contribution in [1.82, 2.24) is 0 Å². The van der Waals surface area contributed by atoms with Gasteiger partial charge in [-0.2, -0.15) is 0 Å². The SMILES string of the molecule is CCCc1ccccc1NC(C)C(=O)OC. The number of nitrogens with one attached hydrogen (secondary N) is 1. The predicted octanol–water partition coefficient (Wildman–Crippen LogP) is 2.61. The molecule has 0 aliphatic carbocycles. The smallest absolute Gasteiger partial charge is 0.327 e. The fourth-order valence-corrected chi connectivity index (χ4v) is 1.62. The van der Waals surface area contributed by atoms with E-state index in [1.54, 1.807) is 6.92 Å². The summed E-state index contributed by atoms with van der Waals surface area (Å²) < 4.78 is 4.68. The van der Waals surface area contributed by atoms with E-state index in [4.69, 9.17) is 0 Å². The number of methoxy groups -OCH3 is 1. The van der Waals surface area contributed by atoms with Crippen molar-refractivity contribution in [2.24, 2.45) is 0 Å². The molecule has 1 N–H and O–H groups in total. The summed E-state index contributed by atoms with van der Waals surface area (Å²) in [5.41, 5.74) is 2.25. The molecule has 0 heterocycles. The summed E-state index contributed by atoms with van der Waals surface area (Å²) in [6, 6.07) is 7.73. The first kappa shape index (κ1) is 12.6. The molecule has 0 saturated heterocycles. The lowest BCUT2D eigenvalue weighted by Crippen LogP contribution is -2.27. The van der Waals surface area contributed by atoms with Gasteiger partial charge in [-0.3, -0.25) is 0 Å². The quantitative estimate of drug-likeness (QED) is 0.777. The van der Waals surface area contributed by atoms with E-state index < -0.39 is 0 Å². The molecule has 0 fully saturated rings. The number of carbonyl (C=O) groups excluding carboxylic acids is 1. The Hall–Kier alpha value is -1.51. The first-order chi connectivity index (χ1) is 7.69. The Labute approximate surface area is 96.8 Å². The summed E-state index contributed by atoms with van der Waals surface area (Å²) >= 11 is 0. The van der Waals surface area contributed by atoms with Crippen molar-refractivity contribution < 1.29 is 9.53 Å². The average Bonchev–Trinajstić information content (AvgIpc) is 2.31. The number of para-hydroxylation sites is 1. The molecule has 1 atom stereocenters. The van der Waals surface area contributed by atoms with E-state index in [1.807, 2.05) is 18.2 Å². The molecule has 16 heavy (non-hydrogen) atoms. The number of anilines is 1. The van der Waals surface area contributed by atoms with Crippen molar-refractivity contribution in [2.75, 3.05) is 12.4 Å². The molecule has 0 saturated carbocycles. The lowest BCUT2D eigenvalue weighted by atomic mass is 10.1. The van der Waals surface area contributed by atoms with Crippen LogP contribution in [0.2, 0.25) is 0 Å². The Morgan fingerprint density at radius 2 is 2.12 bits per heavy atom. The van der Waals surface area contributed by atoms with Crippen LogP contribution in [0, 0.1) is 0 Å². The number of rotatable bonds is 5. The second-order valence-corrected chi connectivity index (χ2v) is 3.80. The minimum absolute atomic E-state index is 0.244. The van der Waals surface area contributed by atoms with Gasteiger partial charge in [0, 0.05) is 5.69 Å². The van der Waals surface area contributed by atoms with Crippen molar-refractivity contribution in [3.8, 4) is 0 Å². The summed E-state index contributed by atoms with van der Waals surface area (Å²) in [5, 5.41) is 3.17. The minimum Gasteiger partial charge on any atom is -0.467 e. The topological polar surface area (TPSA) is 38.3 Å². The van der Waals surface area contributed by atoms with Gasteiger partial charge in [0.05, 0.1) is 7.11 Å². The zero-order valence-corrected chi connectivity index (χ0v) is 10.1. The van der Waals surface area contributed by atoms with Crippen LogP contribution in [0.1, 0.15) is 25.8 Å². The van der Waals surface area contributed by atoms with Gasteiger partial charge in [-0.05, 0) is 25.0 Å². The van der Waals surface area contributed by atoms with Gasteiger partial charge < -0.3 is 10.1 Å². The number of aryl methyl sites for hydroxylation is 1. The van der Waals surface area contributed by atoms with Crippen molar-refractivity contribution >= 4 is 11.7 Å². The average molecular weight is 221 g/mol. The summed E-state index contributed by atoms with van der Waals surface area (Å²) in [4.78, 5) is 11.3. The normalized spacial score (nSPS) is 11.9. The summed E-state index contributed by atoms with van der Waals surface area (Å²) in [6.45, 7) is 3.94. The molecule has 3 heteroatoms. The third-order valence-electron chi connectivity index (χ3n) is 2.46. The standard InChI is InChI=1S/C13H19NO2/c1-4-7-11-8-5-6-9-12(11)14-10(2)13(15)16-3/h5-6,8-10,14H,4,7H2,1-3H3. The van der Waals surface area contributed by atoms with Gasteiger partial charge in [-0.15, -0.1) is 0 Å². The lowest BCUT2D eigenvalue weighted by molar-refractivity contribution is -0.141. The number of carbonyl (C=O) groups is 1. The molecule has 0 aliphatic rings. The summed E-state index contributed by atoms with van der Waals surface area (Å²) in [6.07, 6.45) is 2.10. The third kappa shape index (κ3) is 3.26. The maximum Gasteiger partial charge on any atom is 0.327 e. The predicted molar refractivity (Wildman–Crippen MR) is 65.5 cm³/mol. The van der Waals surface area contributed by atoms with E-state index in [0.717, 1.165) is 18.5 Å². The molecule has 1 rings (SSSR count). The van der Waals surface area contributed by atoms with Crippen molar-refractivity contribution in [3.05, 3.63) is 29.8 Å². The molecule has 0 aromatic heterocycles. The molecule has 0 bridgehead atoms. The van der Waals surface area contributed by atoms with E-state index in [-0.39, 0.29) is 12.0 Å². The highest BCUT2D eigenvalue weighted by Crippen LogP contribution is 2.17. The van der Waals surface area contributed by atoms with Crippen LogP contribution >= 0.6 is 0 Å². The van der Waals surface area contributed by atoms with Gasteiger partial charge in [0.1, 0.15) is 6.04 Å². The van der Waals surface area contributed by atoms with Crippen LogP contribution in [0.25, 0.3) is 0 Å². The number of benzene rings is 1. The highest BCUT2D eigenvalue weighted by Gasteiger charge is 2.13. The van der Waals surface area contributed by atoms with Crippen LogP contribution in [-0.4, -0.2) is 19.1 Å². The fraction of sp³-hybridized carbons (Fsp3) is 0.462. The zero-order valence-electron chi connectivity index (χ0n) is 10.1. The highest BCUT2D eigenvalue weighted by atomic mass is 16.5. The van der Waals surface area contributed by atoms with Gasteiger partial charge in [0.25, 0.3) is 0 Å². The van der Waals surface area contributed by atoms with Crippen LogP contribution in [0.5, 0.6) is 0 Å². The Morgan fingerprint density at radius 1 is 1.44 bits per heavy atom. The fourth-order valence-electron chi connectivity index (χ4n) is 1.62. The van der Waals surface area contributed by atoms with Crippen LogP contribution in [0.15, 0.2) is 24.3 Å². The number of hydrogen-bond acceptors (Lipinski definition) is 3. The summed E-state index contributed by atoms with van der Waals surface area (Å²) in [5.74, 6) is -0.244. The molecule has 0 amide bonds. The molecule has 0 spiro atoms. The molecule has 0 aliphatic heterocycles. The molecule has 88 valence electrons. The number of esters is 1. The minimum atomic E-state index is -0.317. The molecule has 1 unspecified atom stereocenters. The highest BCUT2D eigenvalue weighted by molar-refractivity contribution is 5.79. The van der Waals surface area contributed by atoms with Crippen LogP contribution in [0.4, 0.5) is 5.69 Å². The first-order valence-electron chi connectivity index (χ1n) is 5.61. The Bertz CT molecular complexity index is 350. The largest absolute Gasteiger partial charge is 0.467 e. The zero-order chi connectivity index (χ0) is 12.0. The van der Waals surface area contributed by atoms with Crippen molar-refractivity contribution in [3.63, 3.8) is 0 Å². The van der Waals surface area contributed by atoms with Gasteiger partial charge in [-0.1, -0.05) is 31.5 Å². The van der Waals surface area contributed by atoms with Crippen molar-refractivity contribution in [2.45, 2.75) is 32.7 Å². The summed E-state index contributed by atoms with van der Waals surface area (Å²) in [7, 11) is 1.40. The molecular weight excluding hydrogens is 202 g/mol. The van der Waals surface area contributed by atoms with Gasteiger partial charge >= 0.3 is 5.97 Å². The second-order valence-electron chi connectivity index (χ2n) is 3.80. The first-order valence-corrected chi connectivity index (χ1v) is 5.61. The van der Waals surface area contributed by atoms with E-state index in [1.165, 1.54) is 12.7 Å². The van der Waals surface area contributed by atoms with E-state index >= 15 is 0 Å². The van der Waals surface area contributed by atoms with E-state index in [2.05, 4.69) is 23.0 Å². The van der Waals surface area contributed by atoms with Crippen LogP contribution in [0.3, 0.4) is 0 Å². The molecular formula is C13H19NO2. The second kappa shape index (κ2) is 6.16.